The quantitative estimate of drug-likeness (QED) is 0.385. The van der Waals surface area contributed by atoms with E-state index in [-0.39, 0.29) is 17.7 Å². The van der Waals surface area contributed by atoms with E-state index in [2.05, 4.69) is 10.2 Å². The average molecular weight is 581 g/mol. The Bertz CT molecular complexity index is 1520. The van der Waals surface area contributed by atoms with Crippen LogP contribution in [0, 0.1) is 0 Å². The van der Waals surface area contributed by atoms with Crippen LogP contribution in [0.4, 0.5) is 5.69 Å². The number of aromatic nitrogens is 1. The van der Waals surface area contributed by atoms with Crippen molar-refractivity contribution in [2.45, 2.75) is 44.1 Å². The first-order valence-corrected chi connectivity index (χ1v) is 15.2. The molecule has 0 bridgehead atoms. The third-order valence-electron chi connectivity index (χ3n) is 8.94. The molecule has 8 heteroatoms. The molecule has 1 aromatic heterocycles. The number of piperidine rings is 1. The van der Waals surface area contributed by atoms with Gasteiger partial charge >= 0.3 is 0 Å². The van der Waals surface area contributed by atoms with Gasteiger partial charge in [-0.25, -0.2) is 0 Å². The molecule has 2 amide bonds. The third kappa shape index (κ3) is 5.83. The highest BCUT2D eigenvalue weighted by Crippen LogP contribution is 2.40. The SMILES string of the molecule is COC1(OC)C=C(C(=O)N2Cc3ccc(C(=O)NCCN4CCCCC4)n3Cc3ccccc32)C=CC1c1ccccc1. The number of benzene rings is 2. The predicted molar refractivity (Wildman–Crippen MR) is 167 cm³/mol. The van der Waals surface area contributed by atoms with Crippen molar-refractivity contribution >= 4 is 17.5 Å². The van der Waals surface area contributed by atoms with Gasteiger partial charge in [-0.05, 0) is 61.3 Å². The molecule has 2 aliphatic heterocycles. The van der Waals surface area contributed by atoms with Crippen molar-refractivity contribution in [3.05, 3.63) is 113 Å². The maximum Gasteiger partial charge on any atom is 0.267 e. The number of amides is 2. The van der Waals surface area contributed by atoms with Crippen molar-refractivity contribution in [3.63, 3.8) is 0 Å². The highest BCUT2D eigenvalue weighted by atomic mass is 16.7. The largest absolute Gasteiger partial charge is 0.349 e. The second-order valence-electron chi connectivity index (χ2n) is 11.5. The van der Waals surface area contributed by atoms with E-state index >= 15 is 0 Å². The molecule has 3 heterocycles. The first kappa shape index (κ1) is 29.1. The van der Waals surface area contributed by atoms with Crippen molar-refractivity contribution in [3.8, 4) is 0 Å². The number of hydrogen-bond donors (Lipinski definition) is 1. The number of para-hydroxylation sites is 1. The van der Waals surface area contributed by atoms with Gasteiger partial charge in [0.25, 0.3) is 11.8 Å². The van der Waals surface area contributed by atoms with Crippen molar-refractivity contribution in [2.75, 3.05) is 45.3 Å². The lowest BCUT2D eigenvalue weighted by molar-refractivity contribution is -0.179. The van der Waals surface area contributed by atoms with Crippen LogP contribution in [0.5, 0.6) is 0 Å². The van der Waals surface area contributed by atoms with Gasteiger partial charge in [-0.3, -0.25) is 9.59 Å². The Morgan fingerprint density at radius 1 is 0.907 bits per heavy atom. The van der Waals surface area contributed by atoms with Gasteiger partial charge in [-0.15, -0.1) is 0 Å². The molecule has 1 saturated heterocycles. The smallest absolute Gasteiger partial charge is 0.267 e. The lowest BCUT2D eigenvalue weighted by atomic mass is 9.84. The number of carbonyl (C=O) groups excluding carboxylic acids is 2. The molecule has 3 aromatic rings. The van der Waals surface area contributed by atoms with Crippen molar-refractivity contribution in [2.24, 2.45) is 0 Å². The number of likely N-dealkylation sites (tertiary alicyclic amines) is 1. The molecule has 1 N–H and O–H groups in total. The van der Waals surface area contributed by atoms with Crippen LogP contribution in [-0.2, 0) is 27.4 Å². The molecular weight excluding hydrogens is 540 g/mol. The van der Waals surface area contributed by atoms with Gasteiger partial charge in [0.2, 0.25) is 0 Å². The Hall–Kier alpha value is -3.98. The van der Waals surface area contributed by atoms with E-state index < -0.39 is 5.79 Å². The minimum Gasteiger partial charge on any atom is -0.349 e. The topological polar surface area (TPSA) is 76.0 Å². The van der Waals surface area contributed by atoms with Gasteiger partial charge in [0.05, 0.1) is 19.0 Å². The Morgan fingerprint density at radius 2 is 1.65 bits per heavy atom. The van der Waals surface area contributed by atoms with E-state index in [1.165, 1.54) is 19.3 Å². The molecule has 1 atom stereocenters. The van der Waals surface area contributed by atoms with E-state index in [1.807, 2.05) is 83.4 Å². The number of carbonyl (C=O) groups is 2. The highest BCUT2D eigenvalue weighted by Gasteiger charge is 2.41. The predicted octanol–water partition coefficient (Wildman–Crippen LogP) is 4.87. The van der Waals surface area contributed by atoms with Gasteiger partial charge in [0, 0.05) is 44.3 Å². The number of anilines is 1. The monoisotopic (exact) mass is 580 g/mol. The first-order chi connectivity index (χ1) is 21.0. The zero-order valence-electron chi connectivity index (χ0n) is 25.0. The number of fused-ring (bicyclic) bond motifs is 2. The molecule has 224 valence electrons. The summed E-state index contributed by atoms with van der Waals surface area (Å²) in [5.41, 5.74) is 4.83. The van der Waals surface area contributed by atoms with Crippen molar-refractivity contribution < 1.29 is 19.1 Å². The van der Waals surface area contributed by atoms with E-state index in [0.29, 0.717) is 30.9 Å². The summed E-state index contributed by atoms with van der Waals surface area (Å²) in [6.07, 6.45) is 9.39. The molecule has 1 unspecified atom stereocenters. The average Bonchev–Trinajstić information content (AvgIpc) is 3.38. The highest BCUT2D eigenvalue weighted by molar-refractivity contribution is 6.08. The summed E-state index contributed by atoms with van der Waals surface area (Å²) >= 11 is 0. The van der Waals surface area contributed by atoms with Crippen LogP contribution in [0.2, 0.25) is 0 Å². The third-order valence-corrected chi connectivity index (χ3v) is 8.94. The Labute approximate surface area is 253 Å². The molecular formula is C35H40N4O4. The van der Waals surface area contributed by atoms with Crippen LogP contribution in [-0.4, -0.2) is 67.5 Å². The summed E-state index contributed by atoms with van der Waals surface area (Å²) in [5.74, 6) is -1.59. The van der Waals surface area contributed by atoms with E-state index in [0.717, 1.165) is 42.1 Å². The molecule has 1 fully saturated rings. The van der Waals surface area contributed by atoms with Gasteiger partial charge in [0.1, 0.15) is 5.69 Å². The van der Waals surface area contributed by atoms with Crippen molar-refractivity contribution in [1.29, 1.82) is 0 Å². The maximum absolute atomic E-state index is 14.3. The van der Waals surface area contributed by atoms with Crippen LogP contribution in [0.25, 0.3) is 0 Å². The van der Waals surface area contributed by atoms with Crippen LogP contribution in [0.3, 0.4) is 0 Å². The Morgan fingerprint density at radius 3 is 2.42 bits per heavy atom. The van der Waals surface area contributed by atoms with Crippen LogP contribution < -0.4 is 10.2 Å². The van der Waals surface area contributed by atoms with Crippen LogP contribution >= 0.6 is 0 Å². The van der Waals surface area contributed by atoms with Gasteiger partial charge in [0.15, 0.2) is 5.79 Å². The molecule has 3 aliphatic rings. The summed E-state index contributed by atoms with van der Waals surface area (Å²) in [7, 11) is 3.20. The number of nitrogens with one attached hydrogen (secondary N) is 1. The molecule has 0 radical (unpaired) electrons. The molecule has 0 spiro atoms. The lowest BCUT2D eigenvalue weighted by Crippen LogP contribution is -2.41. The molecule has 6 rings (SSSR count). The summed E-state index contributed by atoms with van der Waals surface area (Å²) in [6.45, 7) is 4.52. The standard InChI is InChI=1S/C35H40N4O4/c1-42-35(43-2)23-27(15-17-30(35)26-11-5-3-6-12-26)34(41)39-25-29-16-18-32(38(29)24-28-13-7-8-14-31(28)39)33(40)36-19-22-37-20-9-4-10-21-37/h3,5-8,11-18,23,30H,4,9-10,19-22,24-25H2,1-2H3,(H,36,40). The minimum absolute atomic E-state index is 0.0876. The lowest BCUT2D eigenvalue weighted by Gasteiger charge is -2.37. The molecule has 0 saturated carbocycles. The van der Waals surface area contributed by atoms with Gasteiger partial charge in [-0.1, -0.05) is 67.1 Å². The molecule has 1 aliphatic carbocycles. The zero-order valence-corrected chi connectivity index (χ0v) is 25.0. The second kappa shape index (κ2) is 12.7. The molecule has 8 nitrogen and oxygen atoms in total. The molecule has 2 aromatic carbocycles. The number of nitrogens with zero attached hydrogens (tertiary/aromatic N) is 3. The summed E-state index contributed by atoms with van der Waals surface area (Å²) in [5, 5.41) is 3.12. The molecule has 43 heavy (non-hydrogen) atoms. The Balaban J connectivity index is 1.26. The van der Waals surface area contributed by atoms with E-state index in [4.69, 9.17) is 9.47 Å². The van der Waals surface area contributed by atoms with Crippen LogP contribution in [0.1, 0.15) is 52.5 Å². The first-order valence-electron chi connectivity index (χ1n) is 15.2. The number of rotatable bonds is 8. The normalized spacial score (nSPS) is 19.6. The summed E-state index contributed by atoms with van der Waals surface area (Å²) < 4.78 is 13.9. The number of methoxy groups -OCH3 is 2. The van der Waals surface area contributed by atoms with E-state index in [1.54, 1.807) is 25.2 Å². The van der Waals surface area contributed by atoms with Gasteiger partial charge in [-0.2, -0.15) is 0 Å². The number of ether oxygens (including phenoxy) is 2. The minimum atomic E-state index is -1.13. The number of hydrogen-bond acceptors (Lipinski definition) is 5. The van der Waals surface area contributed by atoms with Crippen molar-refractivity contribution in [1.82, 2.24) is 14.8 Å². The summed E-state index contributed by atoms with van der Waals surface area (Å²) in [4.78, 5) is 31.8. The van der Waals surface area contributed by atoms with E-state index in [9.17, 15) is 9.59 Å². The second-order valence-corrected chi connectivity index (χ2v) is 11.5. The zero-order chi connectivity index (χ0) is 29.8. The fourth-order valence-electron chi connectivity index (χ4n) is 6.58. The van der Waals surface area contributed by atoms with Crippen LogP contribution in [0.15, 0.2) is 90.5 Å². The fraction of sp³-hybridized carbons (Fsp3) is 0.371. The Kier molecular flexibility index (Phi) is 8.61. The van der Waals surface area contributed by atoms with Gasteiger partial charge < -0.3 is 29.2 Å². The maximum atomic E-state index is 14.3. The summed E-state index contributed by atoms with van der Waals surface area (Å²) in [6, 6.07) is 21.7. The fourth-order valence-corrected chi connectivity index (χ4v) is 6.58.